The van der Waals surface area contributed by atoms with Gasteiger partial charge in [0.1, 0.15) is 0 Å². The second-order valence-corrected chi connectivity index (χ2v) is 6.46. The Kier molecular flexibility index (Phi) is 5.12. The van der Waals surface area contributed by atoms with E-state index in [4.69, 9.17) is 16.7 Å². The quantitative estimate of drug-likeness (QED) is 0.859. The Morgan fingerprint density at radius 1 is 1.10 bits per heavy atom. The molecule has 2 N–H and O–H groups in total. The Labute approximate surface area is 129 Å². The molecule has 0 aromatic heterocycles. The van der Waals surface area contributed by atoms with Crippen LogP contribution in [0.4, 0.5) is 0 Å². The molecule has 0 aliphatic heterocycles. The average molecular weight is 323 g/mol. The number of hydrogen-bond donors (Lipinski definition) is 1. The molecule has 0 radical (unpaired) electrons. The molecule has 110 valence electrons. The van der Waals surface area contributed by atoms with Gasteiger partial charge < -0.3 is 0 Å². The number of primary sulfonamides is 1. The fraction of sp³-hybridized carbons (Fsp3) is 0.133. The van der Waals surface area contributed by atoms with E-state index in [1.807, 2.05) is 24.3 Å². The SMILES string of the molecule is NS(=O)(=O)c1ccc(CCN=Cc2ccccc2Cl)cc1. The number of nitrogens with two attached hydrogens (primary N) is 1. The fourth-order valence-electron chi connectivity index (χ4n) is 1.78. The lowest BCUT2D eigenvalue weighted by atomic mass is 10.1. The van der Waals surface area contributed by atoms with Crippen LogP contribution in [0.2, 0.25) is 5.02 Å². The standard InChI is InChI=1S/C15H15ClN2O2S/c16-15-4-2-1-3-13(15)11-18-10-9-12-5-7-14(8-6-12)21(17,19)20/h1-8,11H,9-10H2,(H2,17,19,20). The van der Waals surface area contributed by atoms with Crippen molar-refractivity contribution in [2.75, 3.05) is 6.54 Å². The predicted molar refractivity (Wildman–Crippen MR) is 85.4 cm³/mol. The Morgan fingerprint density at radius 3 is 2.38 bits per heavy atom. The highest BCUT2D eigenvalue weighted by Crippen LogP contribution is 2.12. The van der Waals surface area contributed by atoms with Gasteiger partial charge in [-0.25, -0.2) is 13.6 Å². The highest BCUT2D eigenvalue weighted by atomic mass is 35.5. The molecule has 0 spiro atoms. The van der Waals surface area contributed by atoms with Crippen LogP contribution in [0.1, 0.15) is 11.1 Å². The van der Waals surface area contributed by atoms with Gasteiger partial charge in [0, 0.05) is 23.3 Å². The van der Waals surface area contributed by atoms with Crippen LogP contribution in [0, 0.1) is 0 Å². The molecule has 0 saturated heterocycles. The Hall–Kier alpha value is -1.69. The van der Waals surface area contributed by atoms with Crippen molar-refractivity contribution in [3.63, 3.8) is 0 Å². The van der Waals surface area contributed by atoms with Crippen molar-refractivity contribution in [1.82, 2.24) is 0 Å². The van der Waals surface area contributed by atoms with Gasteiger partial charge in [-0.2, -0.15) is 0 Å². The van der Waals surface area contributed by atoms with Crippen LogP contribution in [0.5, 0.6) is 0 Å². The van der Waals surface area contributed by atoms with Gasteiger partial charge in [0.15, 0.2) is 0 Å². The predicted octanol–water partition coefficient (Wildman–Crippen LogP) is 2.65. The molecule has 4 nitrogen and oxygen atoms in total. The first kappa shape index (κ1) is 15.7. The van der Waals surface area contributed by atoms with E-state index >= 15 is 0 Å². The maximum absolute atomic E-state index is 11.1. The monoisotopic (exact) mass is 322 g/mol. The highest BCUT2D eigenvalue weighted by molar-refractivity contribution is 7.89. The lowest BCUT2D eigenvalue weighted by Crippen LogP contribution is -2.11. The smallest absolute Gasteiger partial charge is 0.238 e. The van der Waals surface area contributed by atoms with Crippen LogP contribution < -0.4 is 5.14 Å². The Morgan fingerprint density at radius 2 is 1.76 bits per heavy atom. The zero-order valence-corrected chi connectivity index (χ0v) is 12.8. The molecule has 0 aliphatic carbocycles. The van der Waals surface area contributed by atoms with E-state index in [9.17, 15) is 8.42 Å². The molecule has 0 saturated carbocycles. The van der Waals surface area contributed by atoms with E-state index in [-0.39, 0.29) is 4.90 Å². The van der Waals surface area contributed by atoms with Gasteiger partial charge in [0.05, 0.1) is 4.90 Å². The van der Waals surface area contributed by atoms with Crippen LogP contribution in [0.15, 0.2) is 58.4 Å². The minimum absolute atomic E-state index is 0.116. The first-order valence-corrected chi connectivity index (χ1v) is 8.25. The van der Waals surface area contributed by atoms with Crippen molar-refractivity contribution in [3.8, 4) is 0 Å². The first-order valence-electron chi connectivity index (χ1n) is 6.33. The third kappa shape index (κ3) is 4.67. The van der Waals surface area contributed by atoms with Crippen molar-refractivity contribution in [2.45, 2.75) is 11.3 Å². The maximum atomic E-state index is 11.1. The van der Waals surface area contributed by atoms with E-state index in [0.717, 1.165) is 11.1 Å². The molecule has 2 aromatic rings. The first-order chi connectivity index (χ1) is 9.97. The zero-order chi connectivity index (χ0) is 15.3. The summed E-state index contributed by atoms with van der Waals surface area (Å²) in [5.74, 6) is 0. The number of halogens is 1. The van der Waals surface area contributed by atoms with Crippen LogP contribution in [0.3, 0.4) is 0 Å². The summed E-state index contributed by atoms with van der Waals surface area (Å²) in [6, 6.07) is 14.0. The molecule has 2 rings (SSSR count). The molecule has 0 unspecified atom stereocenters. The number of hydrogen-bond acceptors (Lipinski definition) is 3. The summed E-state index contributed by atoms with van der Waals surface area (Å²) in [7, 11) is -3.63. The van der Waals surface area contributed by atoms with Gasteiger partial charge in [-0.3, -0.25) is 4.99 Å². The van der Waals surface area contributed by atoms with Gasteiger partial charge in [0.25, 0.3) is 0 Å². The van der Waals surface area contributed by atoms with E-state index < -0.39 is 10.0 Å². The summed E-state index contributed by atoms with van der Waals surface area (Å²) >= 11 is 6.02. The number of nitrogens with zero attached hydrogens (tertiary/aromatic N) is 1. The van der Waals surface area contributed by atoms with Crippen LogP contribution in [-0.2, 0) is 16.4 Å². The second kappa shape index (κ2) is 6.85. The van der Waals surface area contributed by atoms with Gasteiger partial charge in [-0.15, -0.1) is 0 Å². The van der Waals surface area contributed by atoms with E-state index in [1.165, 1.54) is 12.1 Å². The minimum Gasteiger partial charge on any atom is -0.292 e. The lowest BCUT2D eigenvalue weighted by Gasteiger charge is -2.01. The van der Waals surface area contributed by atoms with Gasteiger partial charge >= 0.3 is 0 Å². The normalized spacial score (nSPS) is 11.9. The lowest BCUT2D eigenvalue weighted by molar-refractivity contribution is 0.598. The molecule has 0 heterocycles. The Balaban J connectivity index is 1.94. The number of aliphatic imine (C=N–C) groups is 1. The van der Waals surface area contributed by atoms with Crippen LogP contribution in [0.25, 0.3) is 0 Å². The molecule has 21 heavy (non-hydrogen) atoms. The minimum atomic E-state index is -3.63. The molecular formula is C15H15ClN2O2S. The maximum Gasteiger partial charge on any atom is 0.238 e. The van der Waals surface area contributed by atoms with E-state index in [0.29, 0.717) is 18.0 Å². The van der Waals surface area contributed by atoms with Gasteiger partial charge in [-0.05, 0) is 30.2 Å². The molecule has 6 heteroatoms. The van der Waals surface area contributed by atoms with Crippen molar-refractivity contribution in [1.29, 1.82) is 0 Å². The molecule has 0 atom stereocenters. The average Bonchev–Trinajstić information content (AvgIpc) is 2.45. The van der Waals surface area contributed by atoms with Gasteiger partial charge in [-0.1, -0.05) is 41.9 Å². The second-order valence-electron chi connectivity index (χ2n) is 4.50. The topological polar surface area (TPSA) is 72.5 Å². The van der Waals surface area contributed by atoms with Crippen molar-refractivity contribution in [2.24, 2.45) is 10.1 Å². The van der Waals surface area contributed by atoms with E-state index in [2.05, 4.69) is 4.99 Å². The van der Waals surface area contributed by atoms with Crippen molar-refractivity contribution < 1.29 is 8.42 Å². The molecule has 0 amide bonds. The number of sulfonamides is 1. The highest BCUT2D eigenvalue weighted by Gasteiger charge is 2.06. The molecule has 0 aliphatic rings. The summed E-state index contributed by atoms with van der Waals surface area (Å²) in [5, 5.41) is 5.71. The summed E-state index contributed by atoms with van der Waals surface area (Å²) in [6.45, 7) is 0.597. The largest absolute Gasteiger partial charge is 0.292 e. The molecule has 0 bridgehead atoms. The Bertz CT molecular complexity index is 741. The number of rotatable bonds is 5. The number of benzene rings is 2. The van der Waals surface area contributed by atoms with Crippen LogP contribution in [-0.4, -0.2) is 21.2 Å². The summed E-state index contributed by atoms with van der Waals surface area (Å²) in [4.78, 5) is 4.43. The zero-order valence-electron chi connectivity index (χ0n) is 11.2. The summed E-state index contributed by atoms with van der Waals surface area (Å²) < 4.78 is 22.3. The fourth-order valence-corrected chi connectivity index (χ4v) is 2.48. The van der Waals surface area contributed by atoms with Crippen molar-refractivity contribution >= 4 is 27.8 Å². The van der Waals surface area contributed by atoms with E-state index in [1.54, 1.807) is 18.3 Å². The molecular weight excluding hydrogens is 308 g/mol. The molecule has 2 aromatic carbocycles. The van der Waals surface area contributed by atoms with Crippen LogP contribution >= 0.6 is 11.6 Å². The summed E-state index contributed by atoms with van der Waals surface area (Å²) in [5.41, 5.74) is 1.88. The summed E-state index contributed by atoms with van der Waals surface area (Å²) in [6.07, 6.45) is 2.45. The third-order valence-corrected chi connectivity index (χ3v) is 4.19. The third-order valence-electron chi connectivity index (χ3n) is 2.92. The molecule has 0 fully saturated rings. The van der Waals surface area contributed by atoms with Gasteiger partial charge in [0.2, 0.25) is 10.0 Å². The van der Waals surface area contributed by atoms with Crippen molar-refractivity contribution in [3.05, 3.63) is 64.7 Å².